The van der Waals surface area contributed by atoms with Gasteiger partial charge in [0.25, 0.3) is 0 Å². The van der Waals surface area contributed by atoms with Gasteiger partial charge in [-0.1, -0.05) is 53.4 Å². The predicted molar refractivity (Wildman–Crippen MR) is 190 cm³/mol. The molecule has 278 valence electrons. The molecule has 2 heterocycles. The van der Waals surface area contributed by atoms with E-state index in [1.54, 1.807) is 12.4 Å². The van der Waals surface area contributed by atoms with E-state index in [1.807, 2.05) is 65.8 Å². The number of benzene rings is 1. The number of nitrogens with one attached hydrogen (secondary N) is 4. The number of hydrogen-bond acceptors (Lipinski definition) is 4. The average molecular weight is 721 g/mol. The summed E-state index contributed by atoms with van der Waals surface area (Å²) in [5.41, 5.74) is 1.86. The molecule has 1 aromatic carbocycles. The topological polar surface area (TPSA) is 116 Å². The first kappa shape index (κ1) is 38.6. The van der Waals surface area contributed by atoms with Crippen LogP contribution in [0, 0.1) is 46.3 Å². The van der Waals surface area contributed by atoms with Crippen molar-refractivity contribution in [3.05, 3.63) is 70.8 Å². The van der Waals surface area contributed by atoms with E-state index in [1.165, 1.54) is 0 Å². The first-order valence-corrected chi connectivity index (χ1v) is 17.9. The Hall–Kier alpha value is -4.58. The summed E-state index contributed by atoms with van der Waals surface area (Å²) in [6, 6.07) is 6.49. The van der Waals surface area contributed by atoms with E-state index >= 15 is 0 Å². The molecule has 0 unspecified atom stereocenters. The van der Waals surface area contributed by atoms with Crippen molar-refractivity contribution in [3.8, 4) is 23.7 Å². The first-order chi connectivity index (χ1) is 24.3. The maximum atomic E-state index is 13.6. The van der Waals surface area contributed by atoms with Gasteiger partial charge in [0.15, 0.2) is 0 Å². The van der Waals surface area contributed by atoms with Crippen molar-refractivity contribution in [2.45, 2.75) is 117 Å². The molecule has 2 amide bonds. The lowest BCUT2D eigenvalue weighted by atomic mass is 9.83. The van der Waals surface area contributed by atoms with Gasteiger partial charge < -0.3 is 20.6 Å². The van der Waals surface area contributed by atoms with Crippen LogP contribution in [0.15, 0.2) is 36.7 Å². The number of carbonyl (C=O) groups excluding carboxylic acids is 2. The maximum absolute atomic E-state index is 13.6. The standard InChI is InChI=1S/C40H48F4N6O2/c1-37(2,3)31(49-35(51)27-15-19-39(41,42)20-16-27)33-45-23-29(47-33)13-11-25-7-9-26(10-8-25)12-14-30-24-46-34(48-30)32(38(4,5)6)50-36(52)28-17-21-40(43,44)22-18-28/h7-10,23-24,27-28,31-32H,15-22H2,1-6H3,(H,45,47)(H,46,48)(H,49,51)(H,50,52)/t31-,32-/m1/s1. The zero-order chi connectivity index (χ0) is 37.9. The van der Waals surface area contributed by atoms with Crippen molar-refractivity contribution in [2.75, 3.05) is 0 Å². The number of imidazole rings is 2. The molecule has 0 bridgehead atoms. The van der Waals surface area contributed by atoms with E-state index in [2.05, 4.69) is 54.3 Å². The Bertz CT molecular complexity index is 1710. The predicted octanol–water partition coefficient (Wildman–Crippen LogP) is 7.99. The van der Waals surface area contributed by atoms with Crippen LogP contribution in [0.2, 0.25) is 0 Å². The van der Waals surface area contributed by atoms with E-state index < -0.39 is 46.6 Å². The van der Waals surface area contributed by atoms with Crippen molar-refractivity contribution in [2.24, 2.45) is 22.7 Å². The summed E-state index contributed by atoms with van der Waals surface area (Å²) >= 11 is 0. The molecule has 2 aromatic heterocycles. The van der Waals surface area contributed by atoms with Gasteiger partial charge in [-0.25, -0.2) is 27.5 Å². The Morgan fingerprint density at radius 1 is 0.654 bits per heavy atom. The lowest BCUT2D eigenvalue weighted by molar-refractivity contribution is -0.131. The Balaban J connectivity index is 1.20. The van der Waals surface area contributed by atoms with Gasteiger partial charge in [0.05, 0.1) is 24.5 Å². The molecule has 3 aromatic rings. The molecule has 2 atom stereocenters. The summed E-state index contributed by atoms with van der Waals surface area (Å²) in [7, 11) is 0. The second-order valence-corrected chi connectivity index (χ2v) is 16.3. The third-order valence-corrected chi connectivity index (χ3v) is 9.79. The zero-order valence-corrected chi connectivity index (χ0v) is 30.7. The highest BCUT2D eigenvalue weighted by atomic mass is 19.3. The van der Waals surface area contributed by atoms with Gasteiger partial charge in [0.1, 0.15) is 23.0 Å². The number of aromatic amines is 2. The number of alkyl halides is 4. The molecule has 2 aliphatic carbocycles. The van der Waals surface area contributed by atoms with Gasteiger partial charge in [-0.2, -0.15) is 0 Å². The number of hydrogen-bond donors (Lipinski definition) is 4. The second-order valence-electron chi connectivity index (χ2n) is 16.3. The molecular formula is C40H48F4N6O2. The largest absolute Gasteiger partial charge is 0.345 e. The highest BCUT2D eigenvalue weighted by molar-refractivity contribution is 5.79. The van der Waals surface area contributed by atoms with E-state index in [4.69, 9.17) is 0 Å². The van der Waals surface area contributed by atoms with Crippen molar-refractivity contribution in [3.63, 3.8) is 0 Å². The number of aromatic nitrogens is 4. The summed E-state index contributed by atoms with van der Waals surface area (Å²) in [5, 5.41) is 6.08. The molecule has 0 spiro atoms. The minimum atomic E-state index is -2.70. The van der Waals surface area contributed by atoms with Crippen LogP contribution in [0.4, 0.5) is 17.6 Å². The van der Waals surface area contributed by atoms with Crippen molar-refractivity contribution < 1.29 is 27.2 Å². The number of amides is 2. The molecule has 2 saturated carbocycles. The number of rotatable bonds is 6. The number of carbonyl (C=O) groups is 2. The van der Waals surface area contributed by atoms with Crippen molar-refractivity contribution >= 4 is 11.8 Å². The third-order valence-electron chi connectivity index (χ3n) is 9.79. The molecule has 0 saturated heterocycles. The van der Waals surface area contributed by atoms with Gasteiger partial charge in [0.2, 0.25) is 23.7 Å². The summed E-state index contributed by atoms with van der Waals surface area (Å²) < 4.78 is 54.5. The summed E-state index contributed by atoms with van der Waals surface area (Å²) in [6.45, 7) is 11.9. The van der Waals surface area contributed by atoms with E-state index in [0.29, 0.717) is 23.0 Å². The van der Waals surface area contributed by atoms with Crippen LogP contribution in [-0.4, -0.2) is 43.6 Å². The van der Waals surface area contributed by atoms with Crippen molar-refractivity contribution in [1.29, 1.82) is 0 Å². The van der Waals surface area contributed by atoms with E-state index in [0.717, 1.165) is 11.1 Å². The quantitative estimate of drug-likeness (QED) is 0.153. The highest BCUT2D eigenvalue weighted by Crippen LogP contribution is 2.39. The Morgan fingerprint density at radius 2 is 0.981 bits per heavy atom. The molecule has 4 N–H and O–H groups in total. The molecule has 5 rings (SSSR count). The van der Waals surface area contributed by atoms with Crippen molar-refractivity contribution in [1.82, 2.24) is 30.6 Å². The fourth-order valence-electron chi connectivity index (χ4n) is 6.52. The van der Waals surface area contributed by atoms with Gasteiger partial charge in [-0.3, -0.25) is 9.59 Å². The Kier molecular flexibility index (Phi) is 11.3. The SMILES string of the molecule is CC(C)(C)[C@H](NC(=O)C1CCC(F)(F)CC1)c1ncc(C#Cc2ccc(C#Cc3cnc([C@@H](NC(=O)C4CCC(F)(F)CC4)C(C)(C)C)[nH]3)cc2)[nH]1. The lowest BCUT2D eigenvalue weighted by Crippen LogP contribution is -2.42. The summed E-state index contributed by atoms with van der Waals surface area (Å²) in [5.74, 6) is 6.72. The van der Waals surface area contributed by atoms with Crippen LogP contribution in [0.25, 0.3) is 0 Å². The molecule has 8 nitrogen and oxygen atoms in total. The van der Waals surface area contributed by atoms with Crippen LogP contribution >= 0.6 is 0 Å². The zero-order valence-electron chi connectivity index (χ0n) is 30.7. The minimum absolute atomic E-state index is 0.161. The van der Waals surface area contributed by atoms with Gasteiger partial charge in [-0.15, -0.1) is 0 Å². The molecular weight excluding hydrogens is 672 g/mol. The average Bonchev–Trinajstić information content (AvgIpc) is 3.73. The highest BCUT2D eigenvalue weighted by Gasteiger charge is 2.40. The monoisotopic (exact) mass is 720 g/mol. The maximum Gasteiger partial charge on any atom is 0.248 e. The van der Waals surface area contributed by atoms with Crippen LogP contribution in [0.1, 0.15) is 139 Å². The number of nitrogens with zero attached hydrogens (tertiary/aromatic N) is 2. The normalized spacial score (nSPS) is 19.0. The van der Waals surface area contributed by atoms with Gasteiger partial charge >= 0.3 is 0 Å². The van der Waals surface area contributed by atoms with Crippen LogP contribution in [-0.2, 0) is 9.59 Å². The molecule has 2 aliphatic rings. The van der Waals surface area contributed by atoms with Crippen LogP contribution in [0.5, 0.6) is 0 Å². The van der Waals surface area contributed by atoms with E-state index in [9.17, 15) is 27.2 Å². The lowest BCUT2D eigenvalue weighted by Gasteiger charge is -2.33. The molecule has 0 aliphatic heterocycles. The molecule has 12 heteroatoms. The molecule has 2 fully saturated rings. The summed E-state index contributed by atoms with van der Waals surface area (Å²) in [4.78, 5) is 41.4. The Morgan fingerprint density at radius 3 is 1.29 bits per heavy atom. The fraction of sp³-hybridized carbons (Fsp3) is 0.550. The first-order valence-electron chi connectivity index (χ1n) is 17.9. The van der Waals surface area contributed by atoms with Gasteiger partial charge in [0, 0.05) is 48.6 Å². The smallest absolute Gasteiger partial charge is 0.248 e. The summed E-state index contributed by atoms with van der Waals surface area (Å²) in [6.07, 6.45) is 2.76. The van der Waals surface area contributed by atoms with Gasteiger partial charge in [-0.05, 0) is 72.6 Å². The van der Waals surface area contributed by atoms with Crippen LogP contribution in [0.3, 0.4) is 0 Å². The fourth-order valence-corrected chi connectivity index (χ4v) is 6.52. The molecule has 0 radical (unpaired) electrons. The van der Waals surface area contributed by atoms with E-state index in [-0.39, 0.29) is 63.2 Å². The Labute approximate surface area is 303 Å². The number of H-pyrrole nitrogens is 2. The minimum Gasteiger partial charge on any atom is -0.345 e. The molecule has 52 heavy (non-hydrogen) atoms. The second kappa shape index (κ2) is 15.2. The number of halogens is 4. The van der Waals surface area contributed by atoms with Crippen LogP contribution < -0.4 is 10.6 Å². The third kappa shape index (κ3) is 10.3.